The number of nitrogens with one attached hydrogen (secondary N) is 1. The minimum absolute atomic E-state index is 0.166. The fraction of sp³-hybridized carbons (Fsp3) is 0.480. The van der Waals surface area contributed by atoms with Gasteiger partial charge < -0.3 is 15.0 Å². The van der Waals surface area contributed by atoms with E-state index in [0.29, 0.717) is 22.9 Å². The monoisotopic (exact) mass is 421 g/mol. The van der Waals surface area contributed by atoms with Crippen LogP contribution >= 0.6 is 0 Å². The van der Waals surface area contributed by atoms with E-state index in [2.05, 4.69) is 5.32 Å². The minimum Gasteiger partial charge on any atom is -0.497 e. The molecule has 1 N–H and O–H groups in total. The Kier molecular flexibility index (Phi) is 6.54. The zero-order chi connectivity index (χ0) is 21.8. The molecule has 1 aromatic carbocycles. The van der Waals surface area contributed by atoms with Crippen molar-refractivity contribution < 1.29 is 14.3 Å². The predicted molar refractivity (Wildman–Crippen MR) is 120 cm³/mol. The number of aromatic nitrogens is 1. The van der Waals surface area contributed by atoms with Crippen LogP contribution in [0.1, 0.15) is 66.2 Å². The van der Waals surface area contributed by atoms with Crippen LogP contribution in [-0.2, 0) is 4.79 Å². The van der Waals surface area contributed by atoms with Crippen LogP contribution in [0, 0.1) is 12.8 Å². The molecule has 0 atom stereocenters. The van der Waals surface area contributed by atoms with Gasteiger partial charge in [0.15, 0.2) is 0 Å². The van der Waals surface area contributed by atoms with E-state index in [4.69, 9.17) is 9.72 Å². The molecule has 6 nitrogen and oxygen atoms in total. The molecule has 164 valence electrons. The number of carbonyl (C=O) groups is 2. The van der Waals surface area contributed by atoms with Gasteiger partial charge in [0.2, 0.25) is 5.91 Å². The van der Waals surface area contributed by atoms with E-state index in [0.717, 1.165) is 50.2 Å². The molecule has 6 heteroatoms. The first-order valence-electron chi connectivity index (χ1n) is 11.3. The molecule has 2 amide bonds. The van der Waals surface area contributed by atoms with Gasteiger partial charge in [-0.05, 0) is 56.9 Å². The number of hydrogen-bond acceptors (Lipinski definition) is 4. The number of benzene rings is 1. The maximum absolute atomic E-state index is 13.1. The molecule has 1 saturated carbocycles. The largest absolute Gasteiger partial charge is 0.497 e. The number of ether oxygens (including phenoxy) is 1. The Morgan fingerprint density at radius 3 is 2.52 bits per heavy atom. The van der Waals surface area contributed by atoms with Gasteiger partial charge in [-0.2, -0.15) is 0 Å². The molecule has 1 aliphatic heterocycles. The molecule has 4 rings (SSSR count). The van der Waals surface area contributed by atoms with E-state index in [1.807, 2.05) is 42.2 Å². The fourth-order valence-electron chi connectivity index (χ4n) is 4.78. The van der Waals surface area contributed by atoms with Crippen molar-refractivity contribution >= 4 is 17.5 Å². The molecule has 0 spiro atoms. The highest BCUT2D eigenvalue weighted by atomic mass is 16.5. The number of anilines is 1. The van der Waals surface area contributed by atoms with Crippen LogP contribution in [0.25, 0.3) is 0 Å². The Bertz CT molecular complexity index is 945. The molecule has 0 unspecified atom stereocenters. The number of methoxy groups -OCH3 is 1. The number of likely N-dealkylation sites (tertiary alicyclic amines) is 1. The number of aryl methyl sites for hydroxylation is 1. The Hall–Kier alpha value is -2.89. The van der Waals surface area contributed by atoms with Crippen molar-refractivity contribution in [3.05, 3.63) is 53.3 Å². The lowest BCUT2D eigenvalue weighted by Crippen LogP contribution is -2.41. The minimum atomic E-state index is -0.166. The van der Waals surface area contributed by atoms with E-state index in [1.54, 1.807) is 13.2 Å². The zero-order valence-corrected chi connectivity index (χ0v) is 18.4. The normalized spacial score (nSPS) is 17.5. The summed E-state index contributed by atoms with van der Waals surface area (Å²) in [4.78, 5) is 32.6. The Labute approximate surface area is 184 Å². The van der Waals surface area contributed by atoms with Gasteiger partial charge in [-0.1, -0.05) is 18.9 Å². The summed E-state index contributed by atoms with van der Waals surface area (Å²) in [5.41, 5.74) is 3.03. The van der Waals surface area contributed by atoms with Crippen molar-refractivity contribution in [3.63, 3.8) is 0 Å². The van der Waals surface area contributed by atoms with Gasteiger partial charge in [-0.3, -0.25) is 14.6 Å². The Morgan fingerprint density at radius 2 is 1.81 bits per heavy atom. The van der Waals surface area contributed by atoms with Crippen LogP contribution in [0.15, 0.2) is 36.4 Å². The molecular weight excluding hydrogens is 390 g/mol. The van der Waals surface area contributed by atoms with Crippen molar-refractivity contribution in [2.45, 2.75) is 51.4 Å². The highest BCUT2D eigenvalue weighted by Crippen LogP contribution is 2.33. The molecule has 2 heterocycles. The average molecular weight is 422 g/mol. The van der Waals surface area contributed by atoms with Crippen molar-refractivity contribution in [2.75, 3.05) is 25.5 Å². The van der Waals surface area contributed by atoms with Crippen LogP contribution in [-0.4, -0.2) is 41.9 Å². The average Bonchev–Trinajstić information content (AvgIpc) is 3.33. The number of pyridine rings is 1. The Balaban J connectivity index is 1.47. The van der Waals surface area contributed by atoms with Gasteiger partial charge in [0.1, 0.15) is 5.75 Å². The van der Waals surface area contributed by atoms with E-state index < -0.39 is 0 Å². The van der Waals surface area contributed by atoms with Crippen LogP contribution in [0.5, 0.6) is 5.75 Å². The van der Waals surface area contributed by atoms with Gasteiger partial charge >= 0.3 is 0 Å². The van der Waals surface area contributed by atoms with Gasteiger partial charge in [-0.15, -0.1) is 0 Å². The third-order valence-corrected chi connectivity index (χ3v) is 6.53. The van der Waals surface area contributed by atoms with Gasteiger partial charge in [-0.25, -0.2) is 0 Å². The second-order valence-corrected chi connectivity index (χ2v) is 8.65. The summed E-state index contributed by atoms with van der Waals surface area (Å²) in [6, 6.07) is 11.1. The zero-order valence-electron chi connectivity index (χ0n) is 18.4. The molecule has 1 saturated heterocycles. The molecule has 0 radical (unpaired) electrons. The SMILES string of the molecule is COc1cccc(NC(=O)c2ccc(C)nc2C2CCN(C(=O)C3CCCC3)CC2)c1. The predicted octanol–water partition coefficient (Wildman–Crippen LogP) is 4.55. The molecular formula is C25H31N3O3. The molecule has 0 bridgehead atoms. The third-order valence-electron chi connectivity index (χ3n) is 6.53. The maximum atomic E-state index is 13.1. The summed E-state index contributed by atoms with van der Waals surface area (Å²) in [5.74, 6) is 1.25. The first-order chi connectivity index (χ1) is 15.0. The van der Waals surface area contributed by atoms with E-state index in [9.17, 15) is 9.59 Å². The number of hydrogen-bond donors (Lipinski definition) is 1. The summed E-state index contributed by atoms with van der Waals surface area (Å²) in [6.45, 7) is 3.44. The van der Waals surface area contributed by atoms with Crippen LogP contribution in [0.4, 0.5) is 5.69 Å². The second-order valence-electron chi connectivity index (χ2n) is 8.65. The van der Waals surface area contributed by atoms with Gasteiger partial charge in [0.05, 0.1) is 18.4 Å². The molecule has 2 aliphatic rings. The van der Waals surface area contributed by atoms with Crippen molar-refractivity contribution in [1.29, 1.82) is 0 Å². The number of piperidine rings is 1. The molecule has 1 aliphatic carbocycles. The first kappa shape index (κ1) is 21.3. The van der Waals surface area contributed by atoms with Crippen molar-refractivity contribution in [1.82, 2.24) is 9.88 Å². The van der Waals surface area contributed by atoms with Crippen LogP contribution in [0.2, 0.25) is 0 Å². The second kappa shape index (κ2) is 9.50. The summed E-state index contributed by atoms with van der Waals surface area (Å²) < 4.78 is 5.25. The first-order valence-corrected chi connectivity index (χ1v) is 11.3. The van der Waals surface area contributed by atoms with Crippen LogP contribution < -0.4 is 10.1 Å². The highest BCUT2D eigenvalue weighted by molar-refractivity contribution is 6.05. The van der Waals surface area contributed by atoms with Crippen molar-refractivity contribution in [3.8, 4) is 5.75 Å². The fourth-order valence-corrected chi connectivity index (χ4v) is 4.78. The summed E-state index contributed by atoms with van der Waals surface area (Å²) >= 11 is 0. The third kappa shape index (κ3) is 4.89. The number of rotatable bonds is 5. The molecule has 1 aromatic heterocycles. The lowest BCUT2D eigenvalue weighted by molar-refractivity contribution is -0.136. The topological polar surface area (TPSA) is 71.5 Å². The lowest BCUT2D eigenvalue weighted by Gasteiger charge is -2.34. The summed E-state index contributed by atoms with van der Waals surface area (Å²) in [7, 11) is 1.60. The van der Waals surface area contributed by atoms with E-state index >= 15 is 0 Å². The van der Waals surface area contributed by atoms with Gasteiger partial charge in [0.25, 0.3) is 5.91 Å². The smallest absolute Gasteiger partial charge is 0.257 e. The standard InChI is InChI=1S/C25H31N3O3/c1-17-10-11-22(24(29)27-20-8-5-9-21(16-20)31-2)23(26-17)18-12-14-28(15-13-18)25(30)19-6-3-4-7-19/h5,8-11,16,18-19H,3-4,6-7,12-15H2,1-2H3,(H,27,29). The number of amides is 2. The molecule has 31 heavy (non-hydrogen) atoms. The highest BCUT2D eigenvalue weighted by Gasteiger charge is 2.32. The number of carbonyl (C=O) groups excluding carboxylic acids is 2. The molecule has 2 fully saturated rings. The Morgan fingerprint density at radius 1 is 1.06 bits per heavy atom. The number of nitrogens with zero attached hydrogens (tertiary/aromatic N) is 2. The summed E-state index contributed by atoms with van der Waals surface area (Å²) in [5, 5.41) is 2.97. The van der Waals surface area contributed by atoms with Crippen molar-refractivity contribution in [2.24, 2.45) is 5.92 Å². The van der Waals surface area contributed by atoms with Gasteiger partial charge in [0, 0.05) is 42.4 Å². The summed E-state index contributed by atoms with van der Waals surface area (Å²) in [6.07, 6.45) is 6.10. The van der Waals surface area contributed by atoms with E-state index in [1.165, 1.54) is 12.8 Å². The van der Waals surface area contributed by atoms with Crippen LogP contribution in [0.3, 0.4) is 0 Å². The maximum Gasteiger partial charge on any atom is 0.257 e. The lowest BCUT2D eigenvalue weighted by atomic mass is 9.89. The van der Waals surface area contributed by atoms with E-state index in [-0.39, 0.29) is 17.7 Å². The molecule has 2 aromatic rings. The quantitative estimate of drug-likeness (QED) is 0.769.